The summed E-state index contributed by atoms with van der Waals surface area (Å²) in [7, 11) is 2.84. The van der Waals surface area contributed by atoms with Crippen molar-refractivity contribution in [1.82, 2.24) is 15.1 Å². The number of methoxy groups -OCH3 is 2. The van der Waals surface area contributed by atoms with Crippen LogP contribution < -0.4 is 5.32 Å². The zero-order valence-electron chi connectivity index (χ0n) is 14.2. The lowest BCUT2D eigenvalue weighted by atomic mass is 9.98. The van der Waals surface area contributed by atoms with Crippen molar-refractivity contribution in [3.63, 3.8) is 0 Å². The van der Waals surface area contributed by atoms with Crippen LogP contribution in [0.3, 0.4) is 0 Å². The molecule has 1 aliphatic rings. The van der Waals surface area contributed by atoms with Crippen molar-refractivity contribution in [2.75, 3.05) is 20.8 Å². The van der Waals surface area contributed by atoms with Gasteiger partial charge in [0.2, 0.25) is 0 Å². The first-order valence-corrected chi connectivity index (χ1v) is 7.77. The second-order valence-electron chi connectivity index (χ2n) is 5.73. The molecule has 0 spiro atoms. The van der Waals surface area contributed by atoms with Crippen LogP contribution in [0.15, 0.2) is 18.3 Å². The molecule has 1 aromatic carbocycles. The van der Waals surface area contributed by atoms with E-state index >= 15 is 0 Å². The molecule has 1 aliphatic heterocycles. The number of halogens is 2. The Hall–Kier alpha value is -1.96. The number of ether oxygens (including phenoxy) is 2. The first kappa shape index (κ1) is 19.4. The Balaban J connectivity index is 0.00000225. The summed E-state index contributed by atoms with van der Waals surface area (Å²) in [4.78, 5) is 11.8. The Labute approximate surface area is 151 Å². The molecule has 1 N–H and O–H groups in total. The SMILES string of the molecule is COCc1c(C(=O)OC)cnn1Cc1cc2c(cc1F)CCNC2.Cl. The predicted molar refractivity (Wildman–Crippen MR) is 92.4 cm³/mol. The maximum Gasteiger partial charge on any atom is 0.341 e. The van der Waals surface area contributed by atoms with Crippen molar-refractivity contribution in [3.8, 4) is 0 Å². The summed E-state index contributed by atoms with van der Waals surface area (Å²) in [6.45, 7) is 2.03. The zero-order chi connectivity index (χ0) is 17.1. The minimum atomic E-state index is -0.483. The highest BCUT2D eigenvalue weighted by Gasteiger charge is 2.20. The third-order valence-electron chi connectivity index (χ3n) is 4.21. The fourth-order valence-corrected chi connectivity index (χ4v) is 2.95. The summed E-state index contributed by atoms with van der Waals surface area (Å²) in [6.07, 6.45) is 2.26. The number of benzene rings is 1. The van der Waals surface area contributed by atoms with Gasteiger partial charge in [-0.2, -0.15) is 5.10 Å². The Kier molecular flexibility index (Phi) is 6.52. The van der Waals surface area contributed by atoms with E-state index in [0.29, 0.717) is 16.8 Å². The van der Waals surface area contributed by atoms with Crippen molar-refractivity contribution in [2.45, 2.75) is 26.1 Å². The van der Waals surface area contributed by atoms with Gasteiger partial charge in [0.15, 0.2) is 0 Å². The molecule has 8 heteroatoms. The molecule has 1 aromatic heterocycles. The summed E-state index contributed by atoms with van der Waals surface area (Å²) < 4.78 is 25.9. The highest BCUT2D eigenvalue weighted by atomic mass is 35.5. The highest BCUT2D eigenvalue weighted by molar-refractivity contribution is 5.90. The van der Waals surface area contributed by atoms with Gasteiger partial charge in [0, 0.05) is 19.2 Å². The minimum absolute atomic E-state index is 0. The number of rotatable bonds is 5. The van der Waals surface area contributed by atoms with E-state index in [9.17, 15) is 9.18 Å². The maximum atomic E-state index is 14.4. The van der Waals surface area contributed by atoms with Crippen molar-refractivity contribution >= 4 is 18.4 Å². The number of aromatic nitrogens is 2. The Morgan fingerprint density at radius 3 is 2.88 bits per heavy atom. The van der Waals surface area contributed by atoms with Crippen LogP contribution >= 0.6 is 12.4 Å². The lowest BCUT2D eigenvalue weighted by molar-refractivity contribution is 0.0595. The maximum absolute atomic E-state index is 14.4. The van der Waals surface area contributed by atoms with Gasteiger partial charge in [0.25, 0.3) is 0 Å². The summed E-state index contributed by atoms with van der Waals surface area (Å²) >= 11 is 0. The lowest BCUT2D eigenvalue weighted by Gasteiger charge is -2.19. The van der Waals surface area contributed by atoms with Crippen LogP contribution in [0.4, 0.5) is 4.39 Å². The molecule has 2 aromatic rings. The smallest absolute Gasteiger partial charge is 0.341 e. The van der Waals surface area contributed by atoms with Crippen LogP contribution in [-0.4, -0.2) is 36.5 Å². The van der Waals surface area contributed by atoms with Crippen LogP contribution in [0.5, 0.6) is 0 Å². The number of fused-ring (bicyclic) bond motifs is 1. The average Bonchev–Trinajstić information content (AvgIpc) is 2.98. The number of hydrogen-bond donors (Lipinski definition) is 1. The molecule has 25 heavy (non-hydrogen) atoms. The summed E-state index contributed by atoms with van der Waals surface area (Å²) in [5.41, 5.74) is 3.59. The van der Waals surface area contributed by atoms with Crippen molar-refractivity contribution in [2.24, 2.45) is 0 Å². The monoisotopic (exact) mass is 369 g/mol. The van der Waals surface area contributed by atoms with Crippen molar-refractivity contribution < 1.29 is 18.7 Å². The molecule has 136 valence electrons. The molecule has 2 heterocycles. The number of carbonyl (C=O) groups excluding carboxylic acids is 1. The Morgan fingerprint density at radius 1 is 1.36 bits per heavy atom. The summed E-state index contributed by atoms with van der Waals surface area (Å²) in [6, 6.07) is 3.47. The van der Waals surface area contributed by atoms with Crippen LogP contribution in [0.1, 0.15) is 32.7 Å². The van der Waals surface area contributed by atoms with E-state index in [4.69, 9.17) is 9.47 Å². The van der Waals surface area contributed by atoms with Crippen molar-refractivity contribution in [3.05, 3.63) is 52.1 Å². The van der Waals surface area contributed by atoms with Gasteiger partial charge in [-0.25, -0.2) is 9.18 Å². The molecule has 0 aliphatic carbocycles. The predicted octanol–water partition coefficient (Wildman–Crippen LogP) is 2.07. The third-order valence-corrected chi connectivity index (χ3v) is 4.21. The summed E-state index contributed by atoms with van der Waals surface area (Å²) in [5, 5.41) is 7.49. The third kappa shape index (κ3) is 4.00. The average molecular weight is 370 g/mol. The molecule has 0 radical (unpaired) electrons. The van der Waals surface area contributed by atoms with E-state index in [2.05, 4.69) is 10.4 Å². The molecule has 0 atom stereocenters. The van der Waals surface area contributed by atoms with Gasteiger partial charge in [-0.1, -0.05) is 0 Å². The lowest BCUT2D eigenvalue weighted by Crippen LogP contribution is -2.24. The first-order chi connectivity index (χ1) is 11.6. The quantitative estimate of drug-likeness (QED) is 0.817. The molecule has 0 amide bonds. The second-order valence-corrected chi connectivity index (χ2v) is 5.73. The Morgan fingerprint density at radius 2 is 2.16 bits per heavy atom. The topological polar surface area (TPSA) is 65.4 Å². The van der Waals surface area contributed by atoms with Gasteiger partial charge in [-0.05, 0) is 36.2 Å². The van der Waals surface area contributed by atoms with E-state index in [1.807, 2.05) is 6.07 Å². The first-order valence-electron chi connectivity index (χ1n) is 7.77. The summed E-state index contributed by atoms with van der Waals surface area (Å²) in [5.74, 6) is -0.738. The van der Waals surface area contributed by atoms with Gasteiger partial charge in [0.1, 0.15) is 11.4 Å². The van der Waals surface area contributed by atoms with E-state index in [0.717, 1.165) is 30.6 Å². The number of carbonyl (C=O) groups is 1. The molecule has 0 unspecified atom stereocenters. The molecule has 0 saturated heterocycles. The van der Waals surface area contributed by atoms with Gasteiger partial charge in [-0.3, -0.25) is 4.68 Å². The molecule has 0 bridgehead atoms. The van der Waals surface area contributed by atoms with E-state index in [1.165, 1.54) is 20.4 Å². The molecule has 3 rings (SSSR count). The van der Waals surface area contributed by atoms with Crippen LogP contribution in [0.2, 0.25) is 0 Å². The van der Waals surface area contributed by atoms with Crippen molar-refractivity contribution in [1.29, 1.82) is 0 Å². The fraction of sp³-hybridized carbons (Fsp3) is 0.412. The van der Waals surface area contributed by atoms with Gasteiger partial charge in [-0.15, -0.1) is 12.4 Å². The molecular formula is C17H21ClFN3O3. The minimum Gasteiger partial charge on any atom is -0.465 e. The second kappa shape index (κ2) is 8.42. The van der Waals surface area contributed by atoms with E-state index in [-0.39, 0.29) is 31.4 Å². The van der Waals surface area contributed by atoms with E-state index in [1.54, 1.807) is 10.7 Å². The number of nitrogens with zero attached hydrogens (tertiary/aromatic N) is 2. The normalized spacial score (nSPS) is 13.1. The Bertz CT molecular complexity index is 764. The van der Waals surface area contributed by atoms with E-state index < -0.39 is 5.97 Å². The number of esters is 1. The van der Waals surface area contributed by atoms with Gasteiger partial charge < -0.3 is 14.8 Å². The zero-order valence-corrected chi connectivity index (χ0v) is 15.0. The molecule has 0 fully saturated rings. The number of nitrogens with one attached hydrogen (secondary N) is 1. The number of hydrogen-bond acceptors (Lipinski definition) is 5. The van der Waals surface area contributed by atoms with Crippen LogP contribution in [-0.2, 0) is 35.6 Å². The highest BCUT2D eigenvalue weighted by Crippen LogP contribution is 2.21. The van der Waals surface area contributed by atoms with Gasteiger partial charge >= 0.3 is 5.97 Å². The van der Waals surface area contributed by atoms with Gasteiger partial charge in [0.05, 0.1) is 32.2 Å². The standard InChI is InChI=1S/C17H20FN3O3.ClH/c1-23-10-16-14(17(22)24-2)8-20-21(16)9-13-5-12-7-19-4-3-11(12)6-15(13)18;/h5-6,8,19H,3-4,7,9-10H2,1-2H3;1H. The van der Waals surface area contributed by atoms with Crippen LogP contribution in [0, 0.1) is 5.82 Å². The molecule has 0 saturated carbocycles. The van der Waals surface area contributed by atoms with Crippen LogP contribution in [0.25, 0.3) is 0 Å². The molecule has 6 nitrogen and oxygen atoms in total. The fourth-order valence-electron chi connectivity index (χ4n) is 2.95. The largest absolute Gasteiger partial charge is 0.465 e. The molecular weight excluding hydrogens is 349 g/mol.